The molecule has 0 unspecified atom stereocenters. The van der Waals surface area contributed by atoms with Crippen LogP contribution in [0.25, 0.3) is 0 Å². The molecule has 0 N–H and O–H groups in total. The minimum atomic E-state index is -0.433. The van der Waals surface area contributed by atoms with Crippen molar-refractivity contribution in [3.63, 3.8) is 0 Å². The molecule has 98 valence electrons. The Morgan fingerprint density at radius 1 is 1.47 bits per heavy atom. The van der Waals surface area contributed by atoms with Gasteiger partial charge in [-0.15, -0.1) is 0 Å². The SMILES string of the molecule is CC(C)(C)OC(=O)N1CC[C@H](OC[C@@H]2CO2)C1. The lowest BCUT2D eigenvalue weighted by molar-refractivity contribution is 0.0193. The van der Waals surface area contributed by atoms with Gasteiger partial charge in [0.25, 0.3) is 0 Å². The molecular formula is C12H21NO4. The van der Waals surface area contributed by atoms with Crippen molar-refractivity contribution < 1.29 is 19.0 Å². The summed E-state index contributed by atoms with van der Waals surface area (Å²) in [6.45, 7) is 8.42. The predicted octanol–water partition coefficient (Wildman–Crippen LogP) is 1.41. The van der Waals surface area contributed by atoms with Crippen LogP contribution in [0.5, 0.6) is 0 Å². The summed E-state index contributed by atoms with van der Waals surface area (Å²) in [7, 11) is 0. The smallest absolute Gasteiger partial charge is 0.410 e. The van der Waals surface area contributed by atoms with Crippen molar-refractivity contribution in [2.75, 3.05) is 26.3 Å². The molecule has 0 spiro atoms. The average molecular weight is 243 g/mol. The molecule has 1 amide bonds. The van der Waals surface area contributed by atoms with Gasteiger partial charge in [-0.2, -0.15) is 0 Å². The fourth-order valence-corrected chi connectivity index (χ4v) is 1.76. The zero-order chi connectivity index (χ0) is 12.5. The molecule has 2 heterocycles. The van der Waals surface area contributed by atoms with Gasteiger partial charge in [-0.1, -0.05) is 0 Å². The zero-order valence-electron chi connectivity index (χ0n) is 10.8. The topological polar surface area (TPSA) is 51.3 Å². The Hall–Kier alpha value is -0.810. The maximum absolute atomic E-state index is 11.8. The van der Waals surface area contributed by atoms with Crippen LogP contribution in [0.1, 0.15) is 27.2 Å². The highest BCUT2D eigenvalue weighted by Gasteiger charge is 2.32. The first-order valence-electron chi connectivity index (χ1n) is 6.15. The molecule has 2 fully saturated rings. The van der Waals surface area contributed by atoms with Crippen molar-refractivity contribution in [2.45, 2.75) is 45.0 Å². The van der Waals surface area contributed by atoms with Crippen LogP contribution in [-0.2, 0) is 14.2 Å². The summed E-state index contributed by atoms with van der Waals surface area (Å²) < 4.78 is 16.1. The lowest BCUT2D eigenvalue weighted by Gasteiger charge is -2.24. The third kappa shape index (κ3) is 4.16. The second-order valence-electron chi connectivity index (χ2n) is 5.63. The quantitative estimate of drug-likeness (QED) is 0.703. The minimum absolute atomic E-state index is 0.131. The molecule has 5 nitrogen and oxygen atoms in total. The normalized spacial score (nSPS) is 28.3. The Kier molecular flexibility index (Phi) is 3.58. The fourth-order valence-electron chi connectivity index (χ4n) is 1.76. The summed E-state index contributed by atoms with van der Waals surface area (Å²) in [4.78, 5) is 13.5. The van der Waals surface area contributed by atoms with E-state index in [9.17, 15) is 4.79 Å². The molecule has 0 bridgehead atoms. The van der Waals surface area contributed by atoms with E-state index in [0.29, 0.717) is 19.7 Å². The Balaban J connectivity index is 1.70. The van der Waals surface area contributed by atoms with Crippen LogP contribution in [0.3, 0.4) is 0 Å². The van der Waals surface area contributed by atoms with Gasteiger partial charge in [0.2, 0.25) is 0 Å². The van der Waals surface area contributed by atoms with E-state index in [0.717, 1.165) is 13.0 Å². The lowest BCUT2D eigenvalue weighted by Crippen LogP contribution is -2.36. The van der Waals surface area contributed by atoms with Gasteiger partial charge in [0.1, 0.15) is 11.7 Å². The Bertz CT molecular complexity index is 283. The number of amides is 1. The van der Waals surface area contributed by atoms with Crippen LogP contribution < -0.4 is 0 Å². The van der Waals surface area contributed by atoms with Gasteiger partial charge in [0.05, 0.1) is 25.9 Å². The summed E-state index contributed by atoms with van der Waals surface area (Å²) in [5.74, 6) is 0. The molecule has 2 saturated heterocycles. The molecule has 0 saturated carbocycles. The van der Waals surface area contributed by atoms with Gasteiger partial charge in [0, 0.05) is 6.54 Å². The Morgan fingerprint density at radius 2 is 2.18 bits per heavy atom. The van der Waals surface area contributed by atoms with Gasteiger partial charge >= 0.3 is 6.09 Å². The number of likely N-dealkylation sites (tertiary alicyclic amines) is 1. The van der Waals surface area contributed by atoms with Crippen molar-refractivity contribution in [3.05, 3.63) is 0 Å². The minimum Gasteiger partial charge on any atom is -0.444 e. The number of carbonyl (C=O) groups is 1. The zero-order valence-corrected chi connectivity index (χ0v) is 10.8. The molecule has 0 aromatic heterocycles. The Morgan fingerprint density at radius 3 is 2.76 bits per heavy atom. The number of epoxide rings is 1. The van der Waals surface area contributed by atoms with Gasteiger partial charge in [-0.05, 0) is 27.2 Å². The largest absolute Gasteiger partial charge is 0.444 e. The lowest BCUT2D eigenvalue weighted by atomic mass is 10.2. The maximum Gasteiger partial charge on any atom is 0.410 e. The van der Waals surface area contributed by atoms with Crippen molar-refractivity contribution in [2.24, 2.45) is 0 Å². The van der Waals surface area contributed by atoms with Crippen molar-refractivity contribution in [3.8, 4) is 0 Å². The van der Waals surface area contributed by atoms with E-state index in [2.05, 4.69) is 0 Å². The molecule has 17 heavy (non-hydrogen) atoms. The van der Waals surface area contributed by atoms with Crippen LogP contribution in [0, 0.1) is 0 Å². The summed E-state index contributed by atoms with van der Waals surface area (Å²) in [6, 6.07) is 0. The van der Waals surface area contributed by atoms with E-state index < -0.39 is 5.60 Å². The number of nitrogens with zero attached hydrogens (tertiary/aromatic N) is 1. The Labute approximate surface area is 102 Å². The third-order valence-electron chi connectivity index (χ3n) is 2.72. The van der Waals surface area contributed by atoms with Crippen LogP contribution in [0.15, 0.2) is 0 Å². The molecule has 2 aliphatic heterocycles. The number of hydrogen-bond acceptors (Lipinski definition) is 4. The molecule has 0 aromatic carbocycles. The second kappa shape index (κ2) is 4.82. The molecule has 2 atom stereocenters. The van der Waals surface area contributed by atoms with Gasteiger partial charge in [-0.25, -0.2) is 4.79 Å². The predicted molar refractivity (Wildman–Crippen MR) is 61.9 cm³/mol. The van der Waals surface area contributed by atoms with Gasteiger partial charge in [0.15, 0.2) is 0 Å². The highest BCUT2D eigenvalue weighted by Crippen LogP contribution is 2.18. The number of ether oxygens (including phenoxy) is 3. The molecule has 0 radical (unpaired) electrons. The van der Waals surface area contributed by atoms with Crippen LogP contribution in [-0.4, -0.2) is 55.1 Å². The highest BCUT2D eigenvalue weighted by molar-refractivity contribution is 5.68. The van der Waals surface area contributed by atoms with Crippen LogP contribution >= 0.6 is 0 Å². The summed E-state index contributed by atoms with van der Waals surface area (Å²) in [5.41, 5.74) is -0.433. The molecular weight excluding hydrogens is 222 g/mol. The van der Waals surface area contributed by atoms with E-state index >= 15 is 0 Å². The van der Waals surface area contributed by atoms with Crippen LogP contribution in [0.2, 0.25) is 0 Å². The first kappa shape index (κ1) is 12.6. The monoisotopic (exact) mass is 243 g/mol. The molecule has 5 heteroatoms. The van der Waals surface area contributed by atoms with Gasteiger partial charge in [-0.3, -0.25) is 0 Å². The number of rotatable bonds is 3. The van der Waals surface area contributed by atoms with E-state index in [-0.39, 0.29) is 18.3 Å². The van der Waals surface area contributed by atoms with E-state index in [1.807, 2.05) is 20.8 Å². The average Bonchev–Trinajstić information content (AvgIpc) is 2.90. The standard InChI is InChI=1S/C12H21NO4/c1-12(2,3)17-11(14)13-5-4-9(6-13)15-7-10-8-16-10/h9-10H,4-8H2,1-3H3/t9-,10+/m0/s1. The highest BCUT2D eigenvalue weighted by atomic mass is 16.6. The molecule has 2 aliphatic rings. The van der Waals surface area contributed by atoms with E-state index in [1.165, 1.54) is 0 Å². The van der Waals surface area contributed by atoms with Crippen molar-refractivity contribution in [1.82, 2.24) is 4.90 Å². The van der Waals surface area contributed by atoms with Crippen LogP contribution in [0.4, 0.5) is 4.79 Å². The maximum atomic E-state index is 11.8. The summed E-state index contributed by atoms with van der Waals surface area (Å²) in [6.07, 6.45) is 1.05. The van der Waals surface area contributed by atoms with Crippen molar-refractivity contribution in [1.29, 1.82) is 0 Å². The molecule has 0 aliphatic carbocycles. The first-order valence-corrected chi connectivity index (χ1v) is 6.15. The molecule has 2 rings (SSSR count). The van der Waals surface area contributed by atoms with Gasteiger partial charge < -0.3 is 19.1 Å². The number of hydrogen-bond donors (Lipinski definition) is 0. The molecule has 0 aromatic rings. The third-order valence-corrected chi connectivity index (χ3v) is 2.72. The van der Waals surface area contributed by atoms with Crippen molar-refractivity contribution >= 4 is 6.09 Å². The van der Waals surface area contributed by atoms with E-state index in [4.69, 9.17) is 14.2 Å². The number of carbonyl (C=O) groups excluding carboxylic acids is 1. The second-order valence-corrected chi connectivity index (χ2v) is 5.63. The fraction of sp³-hybridized carbons (Fsp3) is 0.917. The summed E-state index contributed by atoms with van der Waals surface area (Å²) in [5, 5.41) is 0. The first-order chi connectivity index (χ1) is 7.94. The van der Waals surface area contributed by atoms with E-state index in [1.54, 1.807) is 4.90 Å². The summed E-state index contributed by atoms with van der Waals surface area (Å²) >= 11 is 0.